The number of hydrogen-bond donors (Lipinski definition) is 2. The molecular formula is C30H33N7O3. The third-order valence-electron chi connectivity index (χ3n) is 8.27. The number of aromatic nitrogens is 5. The van der Waals surface area contributed by atoms with Crippen molar-refractivity contribution in [1.82, 2.24) is 24.7 Å². The summed E-state index contributed by atoms with van der Waals surface area (Å²) in [6.07, 6.45) is 5.12. The van der Waals surface area contributed by atoms with Gasteiger partial charge in [0.2, 0.25) is 0 Å². The van der Waals surface area contributed by atoms with Crippen LogP contribution in [0.4, 0.5) is 17.5 Å². The van der Waals surface area contributed by atoms with Gasteiger partial charge in [-0.25, -0.2) is 14.6 Å². The van der Waals surface area contributed by atoms with Crippen LogP contribution in [0.2, 0.25) is 0 Å². The smallest absolute Gasteiger partial charge is 0.300 e. The quantitative estimate of drug-likeness (QED) is 0.274. The lowest BCUT2D eigenvalue weighted by molar-refractivity contribution is -0.196. The van der Waals surface area contributed by atoms with Gasteiger partial charge >= 0.3 is 0 Å². The number of benzene rings is 2. The highest BCUT2D eigenvalue weighted by molar-refractivity contribution is 5.98. The van der Waals surface area contributed by atoms with Crippen LogP contribution in [-0.2, 0) is 9.47 Å². The zero-order chi connectivity index (χ0) is 27.6. The number of nitrogens with one attached hydrogen (secondary N) is 1. The average Bonchev–Trinajstić information content (AvgIpc) is 3.59. The van der Waals surface area contributed by atoms with Crippen molar-refractivity contribution in [1.29, 1.82) is 0 Å². The van der Waals surface area contributed by atoms with E-state index in [2.05, 4.69) is 47.1 Å². The summed E-state index contributed by atoms with van der Waals surface area (Å²) < 4.78 is 20.5. The second kappa shape index (κ2) is 9.28. The highest BCUT2D eigenvalue weighted by atomic mass is 16.8. The number of hydrogen-bond acceptors (Lipinski definition) is 9. The predicted octanol–water partition coefficient (Wildman–Crippen LogP) is 6.21. The van der Waals surface area contributed by atoms with Gasteiger partial charge in [0.25, 0.3) is 6.01 Å². The van der Waals surface area contributed by atoms with E-state index in [1.165, 1.54) is 6.33 Å². The van der Waals surface area contributed by atoms with E-state index in [1.54, 1.807) is 0 Å². The largest absolute Gasteiger partial charge is 0.423 e. The number of anilines is 3. The number of nitrogens with two attached hydrogens (primary N) is 1. The van der Waals surface area contributed by atoms with E-state index < -0.39 is 5.79 Å². The molecule has 5 aromatic rings. The molecule has 2 fully saturated rings. The Morgan fingerprint density at radius 2 is 1.73 bits per heavy atom. The van der Waals surface area contributed by atoms with Crippen molar-refractivity contribution in [2.45, 2.75) is 77.4 Å². The number of nitrogen functional groups attached to an aromatic ring is 1. The summed E-state index contributed by atoms with van der Waals surface area (Å²) in [7, 11) is 0. The molecule has 40 heavy (non-hydrogen) atoms. The van der Waals surface area contributed by atoms with E-state index in [4.69, 9.17) is 24.7 Å². The first kappa shape index (κ1) is 25.0. The van der Waals surface area contributed by atoms with Gasteiger partial charge in [0.15, 0.2) is 17.0 Å². The molecule has 206 valence electrons. The Bertz CT molecular complexity index is 1710. The Morgan fingerprint density at radius 1 is 1.00 bits per heavy atom. The fourth-order valence-corrected chi connectivity index (χ4v) is 6.14. The molecule has 0 amide bonds. The summed E-state index contributed by atoms with van der Waals surface area (Å²) in [4.78, 5) is 13.5. The molecule has 2 atom stereocenters. The van der Waals surface area contributed by atoms with E-state index in [0.717, 1.165) is 75.9 Å². The summed E-state index contributed by atoms with van der Waals surface area (Å²) in [5.74, 6) is -0.0625. The standard InChI is InChI=1S/C30H33N7O3/c1-16-13-17(2)26-23(14-16)35-29(38-26)34-21-7-5-20(6-8-21)25-24-27(31)32-15-33-28(24)37(36-25)22-9-11-30(12-10-22)39-18(3)19(4)40-30/h5-8,13-15,18-19,22H,9-12H2,1-4H3,(H,34,35)(H2,31,32,33). The Morgan fingerprint density at radius 3 is 2.45 bits per heavy atom. The van der Waals surface area contributed by atoms with Crippen molar-refractivity contribution in [2.24, 2.45) is 0 Å². The molecule has 4 heterocycles. The van der Waals surface area contributed by atoms with Crippen LogP contribution in [0, 0.1) is 13.8 Å². The zero-order valence-electron chi connectivity index (χ0n) is 23.1. The molecule has 10 heteroatoms. The lowest BCUT2D eigenvalue weighted by Crippen LogP contribution is -2.36. The first-order chi connectivity index (χ1) is 19.3. The van der Waals surface area contributed by atoms with Gasteiger partial charge in [0.05, 0.1) is 23.6 Å². The van der Waals surface area contributed by atoms with Gasteiger partial charge in [0, 0.05) is 24.1 Å². The van der Waals surface area contributed by atoms with Crippen LogP contribution in [0.15, 0.2) is 47.1 Å². The van der Waals surface area contributed by atoms with Crippen LogP contribution in [0.25, 0.3) is 33.4 Å². The minimum absolute atomic E-state index is 0.106. The monoisotopic (exact) mass is 539 g/mol. The van der Waals surface area contributed by atoms with Gasteiger partial charge in [-0.1, -0.05) is 18.2 Å². The first-order valence-corrected chi connectivity index (χ1v) is 13.9. The minimum Gasteiger partial charge on any atom is -0.423 e. The van der Waals surface area contributed by atoms with Crippen molar-refractivity contribution in [3.05, 3.63) is 53.9 Å². The van der Waals surface area contributed by atoms with Crippen LogP contribution in [0.1, 0.15) is 56.7 Å². The molecule has 3 N–H and O–H groups in total. The number of oxazole rings is 1. The van der Waals surface area contributed by atoms with Gasteiger partial charge in [-0.15, -0.1) is 0 Å². The van der Waals surface area contributed by atoms with E-state index in [1.807, 2.05) is 41.9 Å². The molecule has 3 aromatic heterocycles. The highest BCUT2D eigenvalue weighted by Crippen LogP contribution is 2.45. The van der Waals surface area contributed by atoms with Crippen molar-refractivity contribution in [3.63, 3.8) is 0 Å². The van der Waals surface area contributed by atoms with E-state index in [9.17, 15) is 0 Å². The molecule has 1 aliphatic carbocycles. The normalized spacial score (nSPS) is 24.9. The first-order valence-electron chi connectivity index (χ1n) is 13.9. The number of nitrogens with zero attached hydrogens (tertiary/aromatic N) is 5. The molecule has 2 aliphatic rings. The molecule has 1 saturated carbocycles. The van der Waals surface area contributed by atoms with Gasteiger partial charge in [-0.3, -0.25) is 0 Å². The van der Waals surface area contributed by atoms with Crippen molar-refractivity contribution >= 4 is 39.7 Å². The minimum atomic E-state index is -0.482. The number of fused-ring (bicyclic) bond motifs is 2. The highest BCUT2D eigenvalue weighted by Gasteiger charge is 2.46. The summed E-state index contributed by atoms with van der Waals surface area (Å²) in [5, 5.41) is 9.10. The Hall–Kier alpha value is -4.02. The number of ether oxygens (including phenoxy) is 2. The fourth-order valence-electron chi connectivity index (χ4n) is 6.14. The Kier molecular flexibility index (Phi) is 5.79. The SMILES string of the molecule is Cc1cc(C)c2oc(Nc3ccc(-c4nn(C5CCC6(CC5)OC(C)C(C)O6)c5ncnc(N)c45)cc3)nc2c1. The molecule has 10 nitrogen and oxygen atoms in total. The molecule has 1 aliphatic heterocycles. The molecule has 0 bridgehead atoms. The third kappa shape index (κ3) is 4.18. The van der Waals surface area contributed by atoms with E-state index in [-0.39, 0.29) is 18.2 Å². The Labute approximate surface area is 231 Å². The maximum atomic E-state index is 6.38. The van der Waals surface area contributed by atoms with Crippen molar-refractivity contribution < 1.29 is 13.9 Å². The van der Waals surface area contributed by atoms with Crippen LogP contribution >= 0.6 is 0 Å². The van der Waals surface area contributed by atoms with Crippen molar-refractivity contribution in [2.75, 3.05) is 11.1 Å². The molecule has 2 aromatic carbocycles. The zero-order valence-corrected chi connectivity index (χ0v) is 23.1. The molecule has 2 unspecified atom stereocenters. The summed E-state index contributed by atoms with van der Waals surface area (Å²) in [6.45, 7) is 8.24. The maximum Gasteiger partial charge on any atom is 0.300 e. The molecule has 1 saturated heterocycles. The summed E-state index contributed by atoms with van der Waals surface area (Å²) in [6, 6.07) is 12.7. The topological polar surface area (TPSA) is 126 Å². The predicted molar refractivity (Wildman–Crippen MR) is 153 cm³/mol. The van der Waals surface area contributed by atoms with Crippen LogP contribution in [-0.4, -0.2) is 42.7 Å². The summed E-state index contributed by atoms with van der Waals surface area (Å²) in [5.41, 5.74) is 13.5. The van der Waals surface area contributed by atoms with E-state index >= 15 is 0 Å². The van der Waals surface area contributed by atoms with Crippen LogP contribution < -0.4 is 11.1 Å². The average molecular weight is 540 g/mol. The number of aryl methyl sites for hydroxylation is 2. The second-order valence-corrected chi connectivity index (χ2v) is 11.2. The fraction of sp³-hybridized carbons (Fsp3) is 0.400. The maximum absolute atomic E-state index is 6.38. The van der Waals surface area contributed by atoms with Crippen LogP contribution in [0.3, 0.4) is 0 Å². The van der Waals surface area contributed by atoms with Gasteiger partial charge in [-0.2, -0.15) is 10.1 Å². The van der Waals surface area contributed by atoms with E-state index in [0.29, 0.717) is 11.8 Å². The second-order valence-electron chi connectivity index (χ2n) is 11.2. The van der Waals surface area contributed by atoms with Gasteiger partial charge in [0.1, 0.15) is 23.4 Å². The molecule has 1 spiro atoms. The Balaban J connectivity index is 1.16. The summed E-state index contributed by atoms with van der Waals surface area (Å²) >= 11 is 0. The molecular weight excluding hydrogens is 506 g/mol. The van der Waals surface area contributed by atoms with Crippen molar-refractivity contribution in [3.8, 4) is 11.3 Å². The molecule has 7 rings (SSSR count). The lowest BCUT2D eigenvalue weighted by atomic mass is 9.90. The number of rotatable bonds is 4. The van der Waals surface area contributed by atoms with Gasteiger partial charge < -0.3 is 24.9 Å². The van der Waals surface area contributed by atoms with Crippen LogP contribution in [0.5, 0.6) is 0 Å². The van der Waals surface area contributed by atoms with Gasteiger partial charge in [-0.05, 0) is 69.9 Å². The lowest BCUT2D eigenvalue weighted by Gasteiger charge is -2.36. The molecule has 0 radical (unpaired) electrons. The third-order valence-corrected chi connectivity index (χ3v) is 8.27.